The van der Waals surface area contributed by atoms with E-state index in [-0.39, 0.29) is 11.8 Å². The summed E-state index contributed by atoms with van der Waals surface area (Å²) in [5.74, 6) is 1.56. The van der Waals surface area contributed by atoms with Crippen LogP contribution in [0.5, 0.6) is 0 Å². The van der Waals surface area contributed by atoms with Gasteiger partial charge in [0.1, 0.15) is 17.7 Å². The molecule has 0 aromatic heterocycles. The lowest BCUT2D eigenvalue weighted by Crippen LogP contribution is -2.55. The highest BCUT2D eigenvalue weighted by Crippen LogP contribution is 2.26. The first-order valence-electron chi connectivity index (χ1n) is 10.7. The molecule has 0 heterocycles. The second kappa shape index (κ2) is 10.5. The molecule has 32 heavy (non-hydrogen) atoms. The van der Waals surface area contributed by atoms with Crippen molar-refractivity contribution in [2.75, 3.05) is 7.05 Å². The average molecular weight is 444 g/mol. The molecule has 1 aromatic carbocycles. The van der Waals surface area contributed by atoms with Crippen LogP contribution in [0.15, 0.2) is 24.3 Å². The summed E-state index contributed by atoms with van der Waals surface area (Å²) in [5.41, 5.74) is -0.174. The van der Waals surface area contributed by atoms with E-state index in [9.17, 15) is 14.4 Å². The molecule has 7 nitrogen and oxygen atoms in total. The molecule has 2 N–H and O–H groups in total. The summed E-state index contributed by atoms with van der Waals surface area (Å²) in [6, 6.07) is 5.14. The summed E-state index contributed by atoms with van der Waals surface area (Å²) >= 11 is 0. The lowest BCUT2D eigenvalue weighted by atomic mass is 9.95. The molecule has 0 bridgehead atoms. The van der Waals surface area contributed by atoms with E-state index in [4.69, 9.17) is 11.2 Å². The molecular formula is C25H37N3O4. The summed E-state index contributed by atoms with van der Waals surface area (Å²) in [7, 11) is 1.54. The van der Waals surface area contributed by atoms with E-state index in [1.165, 1.54) is 11.9 Å². The Morgan fingerprint density at radius 2 is 1.62 bits per heavy atom. The number of terminal acetylenes is 1. The predicted octanol–water partition coefficient (Wildman–Crippen LogP) is 3.63. The minimum atomic E-state index is -0.976. The summed E-state index contributed by atoms with van der Waals surface area (Å²) < 4.78 is 5.32. The van der Waals surface area contributed by atoms with Gasteiger partial charge in [0.15, 0.2) is 0 Å². The minimum Gasteiger partial charge on any atom is -0.444 e. The van der Waals surface area contributed by atoms with Crippen LogP contribution in [0.25, 0.3) is 0 Å². The van der Waals surface area contributed by atoms with Crippen LogP contribution in [0.1, 0.15) is 72.6 Å². The fourth-order valence-electron chi connectivity index (χ4n) is 3.13. The van der Waals surface area contributed by atoms with Crippen LogP contribution in [0.2, 0.25) is 0 Å². The van der Waals surface area contributed by atoms with Gasteiger partial charge in [-0.05, 0) is 59.1 Å². The Balaban J connectivity index is 3.36. The Bertz CT molecular complexity index is 872. The number of carbonyl (C=O) groups excluding carboxylic acids is 3. The molecule has 1 aromatic rings. The molecule has 0 saturated heterocycles. The van der Waals surface area contributed by atoms with Gasteiger partial charge in [-0.1, -0.05) is 38.0 Å². The number of alkyl carbamates (subject to hydrolysis) is 1. The Morgan fingerprint density at radius 1 is 1.06 bits per heavy atom. The van der Waals surface area contributed by atoms with Crippen molar-refractivity contribution in [2.45, 2.75) is 78.6 Å². The quantitative estimate of drug-likeness (QED) is 0.657. The topological polar surface area (TPSA) is 87.7 Å². The Labute approximate surface area is 192 Å². The van der Waals surface area contributed by atoms with Crippen molar-refractivity contribution in [2.24, 2.45) is 5.92 Å². The summed E-state index contributed by atoms with van der Waals surface area (Å²) in [6.45, 7) is 14.4. The van der Waals surface area contributed by atoms with Gasteiger partial charge in [-0.25, -0.2) is 4.79 Å². The highest BCUT2D eigenvalue weighted by Gasteiger charge is 2.37. The van der Waals surface area contributed by atoms with Gasteiger partial charge in [0, 0.05) is 18.2 Å². The lowest BCUT2D eigenvalue weighted by Gasteiger charge is -2.34. The molecule has 0 aliphatic rings. The molecule has 2 atom stereocenters. The second-order valence-corrected chi connectivity index (χ2v) is 10.2. The van der Waals surface area contributed by atoms with Crippen molar-refractivity contribution in [3.8, 4) is 12.3 Å². The third kappa shape index (κ3) is 7.92. The van der Waals surface area contributed by atoms with Gasteiger partial charge in [0.2, 0.25) is 11.8 Å². The van der Waals surface area contributed by atoms with E-state index < -0.39 is 35.2 Å². The van der Waals surface area contributed by atoms with E-state index in [0.29, 0.717) is 11.1 Å². The highest BCUT2D eigenvalue weighted by molar-refractivity contribution is 5.92. The van der Waals surface area contributed by atoms with Crippen LogP contribution in [0.3, 0.4) is 0 Å². The number of hydrogen-bond acceptors (Lipinski definition) is 4. The maximum atomic E-state index is 13.5. The van der Waals surface area contributed by atoms with Crippen molar-refractivity contribution in [3.63, 3.8) is 0 Å². The largest absolute Gasteiger partial charge is 0.444 e. The second-order valence-electron chi connectivity index (χ2n) is 10.2. The Hall–Kier alpha value is -3.01. The molecule has 0 radical (unpaired) electrons. The van der Waals surface area contributed by atoms with Crippen LogP contribution in [-0.2, 0) is 14.3 Å². The molecular weight excluding hydrogens is 406 g/mol. The lowest BCUT2D eigenvalue weighted by molar-refractivity contribution is -0.142. The van der Waals surface area contributed by atoms with Gasteiger partial charge in [-0.3, -0.25) is 9.59 Å². The maximum absolute atomic E-state index is 13.5. The molecule has 176 valence electrons. The van der Waals surface area contributed by atoms with Crippen molar-refractivity contribution in [1.29, 1.82) is 0 Å². The van der Waals surface area contributed by atoms with Gasteiger partial charge < -0.3 is 20.3 Å². The molecule has 0 aliphatic carbocycles. The molecule has 3 amide bonds. The molecule has 0 aliphatic heterocycles. The first-order chi connectivity index (χ1) is 14.6. The monoisotopic (exact) mass is 443 g/mol. The number of rotatable bonds is 6. The maximum Gasteiger partial charge on any atom is 0.408 e. The first-order valence-corrected chi connectivity index (χ1v) is 10.7. The van der Waals surface area contributed by atoms with Gasteiger partial charge in [0.05, 0.1) is 0 Å². The zero-order valence-electron chi connectivity index (χ0n) is 20.7. The number of likely N-dealkylation sites (N-methyl/N-ethyl adjacent to an activating group) is 1. The third-order valence-corrected chi connectivity index (χ3v) is 4.50. The van der Waals surface area contributed by atoms with Gasteiger partial charge >= 0.3 is 6.09 Å². The molecule has 0 saturated carbocycles. The normalized spacial score (nSPS) is 13.5. The summed E-state index contributed by atoms with van der Waals surface area (Å²) in [6.07, 6.45) is 4.97. The molecule has 0 fully saturated rings. The van der Waals surface area contributed by atoms with E-state index in [0.717, 1.165) is 0 Å². The zero-order valence-corrected chi connectivity index (χ0v) is 20.7. The molecule has 0 spiro atoms. The number of amides is 3. The van der Waals surface area contributed by atoms with Crippen molar-refractivity contribution < 1.29 is 19.1 Å². The van der Waals surface area contributed by atoms with Gasteiger partial charge in [-0.2, -0.15) is 0 Å². The van der Waals surface area contributed by atoms with Crippen molar-refractivity contribution >= 4 is 17.9 Å². The average Bonchev–Trinajstić information content (AvgIpc) is 2.63. The standard InChI is InChI=1S/C25H37N3O4/c1-11-17-14-12-13-15-18(17)20(21(29)27-24(4,5)6)28(10)22(30)19(16(2)3)26-23(31)32-25(7,8)9/h1,12-16,19-20H,2-10H3,(H,26,31)(H,27,29). The summed E-state index contributed by atoms with van der Waals surface area (Å²) in [5, 5.41) is 5.58. The van der Waals surface area contributed by atoms with E-state index >= 15 is 0 Å². The number of nitrogens with one attached hydrogen (secondary N) is 2. The van der Waals surface area contributed by atoms with Crippen LogP contribution in [-0.4, -0.2) is 47.0 Å². The van der Waals surface area contributed by atoms with E-state index in [1.54, 1.807) is 45.0 Å². The van der Waals surface area contributed by atoms with Crippen LogP contribution >= 0.6 is 0 Å². The number of hydrogen-bond donors (Lipinski definition) is 2. The minimum absolute atomic E-state index is 0.244. The zero-order chi connectivity index (χ0) is 24.9. The fraction of sp³-hybridized carbons (Fsp3) is 0.560. The number of benzene rings is 1. The Morgan fingerprint density at radius 3 is 2.09 bits per heavy atom. The van der Waals surface area contributed by atoms with Crippen molar-refractivity contribution in [1.82, 2.24) is 15.5 Å². The van der Waals surface area contributed by atoms with Gasteiger partial charge in [-0.15, -0.1) is 6.42 Å². The Kier molecular flexibility index (Phi) is 8.90. The van der Waals surface area contributed by atoms with Crippen molar-refractivity contribution in [3.05, 3.63) is 35.4 Å². The number of nitrogens with zero attached hydrogens (tertiary/aromatic N) is 1. The third-order valence-electron chi connectivity index (χ3n) is 4.50. The van der Waals surface area contributed by atoms with E-state index in [2.05, 4.69) is 16.6 Å². The number of ether oxygens (including phenoxy) is 1. The summed E-state index contributed by atoms with van der Waals surface area (Å²) in [4.78, 5) is 40.5. The van der Waals surface area contributed by atoms with Crippen LogP contribution in [0.4, 0.5) is 4.79 Å². The highest BCUT2D eigenvalue weighted by atomic mass is 16.6. The predicted molar refractivity (Wildman–Crippen MR) is 126 cm³/mol. The molecule has 1 rings (SSSR count). The van der Waals surface area contributed by atoms with Gasteiger partial charge in [0.25, 0.3) is 0 Å². The fourth-order valence-corrected chi connectivity index (χ4v) is 3.13. The van der Waals surface area contributed by atoms with Crippen LogP contribution in [0, 0.1) is 18.3 Å². The SMILES string of the molecule is C#Cc1ccccc1C(C(=O)NC(C)(C)C)N(C)C(=O)C(NC(=O)OC(C)(C)C)C(C)C. The molecule has 7 heteroatoms. The van der Waals surface area contributed by atoms with Crippen LogP contribution < -0.4 is 10.6 Å². The number of carbonyl (C=O) groups is 3. The molecule has 2 unspecified atom stereocenters. The smallest absolute Gasteiger partial charge is 0.408 e. The van der Waals surface area contributed by atoms with E-state index in [1.807, 2.05) is 34.6 Å². The first kappa shape index (κ1) is 27.0.